The largest absolute Gasteiger partial charge is 0.402 e. The highest BCUT2D eigenvalue weighted by Gasteiger charge is 2.34. The molecule has 3 aromatic carbocycles. The van der Waals surface area contributed by atoms with E-state index in [4.69, 9.17) is 4.18 Å². The molecule has 35 heavy (non-hydrogen) atoms. The van der Waals surface area contributed by atoms with Crippen LogP contribution < -0.4 is 0 Å². The van der Waals surface area contributed by atoms with E-state index in [2.05, 4.69) is 74.5 Å². The highest BCUT2D eigenvalue weighted by Crippen LogP contribution is 2.69. The minimum absolute atomic E-state index is 0.254. The van der Waals surface area contributed by atoms with Gasteiger partial charge in [-0.1, -0.05) is 94.8 Å². The predicted octanol–water partition coefficient (Wildman–Crippen LogP) is 9.69. The van der Waals surface area contributed by atoms with Gasteiger partial charge >= 0.3 is 5.97 Å². The van der Waals surface area contributed by atoms with Gasteiger partial charge in [0.15, 0.2) is 0 Å². The maximum absolute atomic E-state index is 12.5. The molecule has 0 amide bonds. The molecular weight excluding hydrogens is 448 g/mol. The van der Waals surface area contributed by atoms with Crippen LogP contribution in [0.15, 0.2) is 93.5 Å². The summed E-state index contributed by atoms with van der Waals surface area (Å²) in [7, 11) is -2.17. The minimum atomic E-state index is -2.17. The number of rotatable bonds is 14. The number of carbonyl (C=O) groups is 1. The van der Waals surface area contributed by atoms with E-state index < -0.39 is 10.3 Å². The number of carbonyl (C=O) groups excluding carboxylic acids is 1. The fourth-order valence-corrected chi connectivity index (χ4v) is 7.58. The lowest BCUT2D eigenvalue weighted by atomic mass is 10.1. The highest BCUT2D eigenvalue weighted by atomic mass is 32.3. The van der Waals surface area contributed by atoms with E-state index in [0.717, 1.165) is 27.5 Å². The first-order valence-electron chi connectivity index (χ1n) is 13.4. The van der Waals surface area contributed by atoms with Crippen molar-refractivity contribution in [2.24, 2.45) is 0 Å². The predicted molar refractivity (Wildman–Crippen MR) is 149 cm³/mol. The SMILES string of the molecule is CCCCCCc1ccc(S(OC(C)=O)(c2ccccc2)c2ccc(CCCCCC)cc2)cc1. The van der Waals surface area contributed by atoms with Gasteiger partial charge in [0.25, 0.3) is 0 Å². The first-order chi connectivity index (χ1) is 17.1. The first-order valence-corrected chi connectivity index (χ1v) is 14.9. The molecule has 0 aromatic heterocycles. The second-order valence-electron chi connectivity index (χ2n) is 9.35. The molecule has 0 aliphatic heterocycles. The van der Waals surface area contributed by atoms with Gasteiger partial charge in [-0.3, -0.25) is 4.79 Å². The Balaban J connectivity index is 1.97. The molecule has 2 nitrogen and oxygen atoms in total. The van der Waals surface area contributed by atoms with Crippen molar-refractivity contribution in [2.75, 3.05) is 0 Å². The van der Waals surface area contributed by atoms with Crippen LogP contribution in [-0.2, 0) is 21.8 Å². The summed E-state index contributed by atoms with van der Waals surface area (Å²) in [5.74, 6) is -0.254. The zero-order valence-electron chi connectivity index (χ0n) is 21.8. The molecular formula is C32H42O2S. The molecule has 0 aliphatic rings. The maximum atomic E-state index is 12.5. The van der Waals surface area contributed by atoms with Crippen LogP contribution in [0, 0.1) is 0 Å². The number of benzene rings is 3. The summed E-state index contributed by atoms with van der Waals surface area (Å²) >= 11 is 0. The van der Waals surface area contributed by atoms with E-state index in [0.29, 0.717) is 0 Å². The van der Waals surface area contributed by atoms with Crippen LogP contribution in [0.25, 0.3) is 0 Å². The Morgan fingerprint density at radius 2 is 1.03 bits per heavy atom. The molecule has 0 fully saturated rings. The summed E-state index contributed by atoms with van der Waals surface area (Å²) in [5.41, 5.74) is 2.69. The zero-order valence-corrected chi connectivity index (χ0v) is 22.6. The molecule has 0 spiro atoms. The van der Waals surface area contributed by atoms with Gasteiger partial charge in [-0.05, 0) is 83.5 Å². The summed E-state index contributed by atoms with van der Waals surface area (Å²) in [5, 5.41) is 0. The molecule has 0 atom stereocenters. The Morgan fingerprint density at radius 3 is 1.43 bits per heavy atom. The van der Waals surface area contributed by atoms with E-state index >= 15 is 0 Å². The van der Waals surface area contributed by atoms with Crippen molar-refractivity contribution in [1.82, 2.24) is 0 Å². The summed E-state index contributed by atoms with van der Waals surface area (Å²) in [6.07, 6.45) is 12.2. The Labute approximate surface area is 214 Å². The van der Waals surface area contributed by atoms with Crippen molar-refractivity contribution in [2.45, 2.75) is 99.7 Å². The summed E-state index contributed by atoms with van der Waals surface area (Å²) < 4.78 is 6.35. The number of hydrogen-bond acceptors (Lipinski definition) is 2. The maximum Gasteiger partial charge on any atom is 0.313 e. The van der Waals surface area contributed by atoms with Crippen LogP contribution in [0.5, 0.6) is 0 Å². The lowest BCUT2D eigenvalue weighted by molar-refractivity contribution is -0.131. The quantitative estimate of drug-likeness (QED) is 0.210. The summed E-state index contributed by atoms with van der Waals surface area (Å²) in [6.45, 7) is 6.01. The smallest absolute Gasteiger partial charge is 0.313 e. The summed E-state index contributed by atoms with van der Waals surface area (Å²) in [4.78, 5) is 15.7. The van der Waals surface area contributed by atoms with E-state index in [1.54, 1.807) is 0 Å². The van der Waals surface area contributed by atoms with E-state index in [1.165, 1.54) is 69.4 Å². The van der Waals surface area contributed by atoms with Crippen LogP contribution in [0.3, 0.4) is 0 Å². The molecule has 0 bridgehead atoms. The van der Waals surface area contributed by atoms with Crippen LogP contribution in [0.4, 0.5) is 0 Å². The Hall–Kier alpha value is -2.52. The normalized spacial score (nSPS) is 11.9. The van der Waals surface area contributed by atoms with Crippen molar-refractivity contribution >= 4 is 16.3 Å². The molecule has 3 aromatic rings. The van der Waals surface area contributed by atoms with Gasteiger partial charge < -0.3 is 4.18 Å². The molecule has 0 saturated carbocycles. The number of unbranched alkanes of at least 4 members (excludes halogenated alkanes) is 6. The lowest BCUT2D eigenvalue weighted by Gasteiger charge is -2.39. The second kappa shape index (κ2) is 14.1. The molecule has 0 heterocycles. The standard InChI is InChI=1S/C32H42O2S/c1-4-6-8-11-15-28-19-23-31(24-20-28)35(34-27(3)33,30-17-13-10-14-18-30)32-25-21-29(22-26-32)16-12-9-7-5-2/h10,13-14,17-26H,4-9,11-12,15-16H2,1-3H3. The first kappa shape index (κ1) is 27.1. The second-order valence-corrected chi connectivity index (χ2v) is 12.0. The van der Waals surface area contributed by atoms with E-state index in [9.17, 15) is 4.79 Å². The van der Waals surface area contributed by atoms with Crippen LogP contribution in [-0.4, -0.2) is 5.97 Å². The molecule has 0 N–H and O–H groups in total. The summed E-state index contributed by atoms with van der Waals surface area (Å²) in [6, 6.07) is 27.9. The van der Waals surface area contributed by atoms with Crippen molar-refractivity contribution in [3.8, 4) is 0 Å². The molecule has 0 unspecified atom stereocenters. The Bertz CT molecular complexity index is 954. The Morgan fingerprint density at radius 1 is 0.600 bits per heavy atom. The molecule has 3 heteroatoms. The average molecular weight is 491 g/mol. The van der Waals surface area contributed by atoms with E-state index in [1.807, 2.05) is 18.2 Å². The van der Waals surface area contributed by atoms with Gasteiger partial charge in [0.2, 0.25) is 0 Å². The topological polar surface area (TPSA) is 26.3 Å². The van der Waals surface area contributed by atoms with Gasteiger partial charge in [0, 0.05) is 21.6 Å². The highest BCUT2D eigenvalue weighted by molar-refractivity contribution is 8.30. The van der Waals surface area contributed by atoms with Crippen molar-refractivity contribution < 1.29 is 8.98 Å². The molecule has 0 saturated heterocycles. The molecule has 3 rings (SSSR count). The number of hydrogen-bond donors (Lipinski definition) is 0. The van der Waals surface area contributed by atoms with E-state index in [-0.39, 0.29) is 5.97 Å². The van der Waals surface area contributed by atoms with Crippen LogP contribution in [0.2, 0.25) is 0 Å². The van der Waals surface area contributed by atoms with Gasteiger partial charge in [0.05, 0.1) is 0 Å². The van der Waals surface area contributed by atoms with Crippen molar-refractivity contribution in [3.05, 3.63) is 90.0 Å². The van der Waals surface area contributed by atoms with Crippen molar-refractivity contribution in [1.29, 1.82) is 0 Å². The fraction of sp³-hybridized carbons (Fsp3) is 0.406. The molecule has 0 radical (unpaired) electrons. The van der Waals surface area contributed by atoms with Gasteiger partial charge in [-0.15, -0.1) is 0 Å². The molecule has 0 aliphatic carbocycles. The van der Waals surface area contributed by atoms with Crippen LogP contribution >= 0.6 is 10.3 Å². The average Bonchev–Trinajstić information content (AvgIpc) is 2.89. The molecule has 188 valence electrons. The zero-order chi connectivity index (χ0) is 24.9. The lowest BCUT2D eigenvalue weighted by Crippen LogP contribution is -2.11. The third kappa shape index (κ3) is 7.48. The number of aryl methyl sites for hydroxylation is 2. The third-order valence-corrected chi connectivity index (χ3v) is 9.76. The monoisotopic (exact) mass is 490 g/mol. The van der Waals surface area contributed by atoms with Gasteiger partial charge in [0.1, 0.15) is 0 Å². The van der Waals surface area contributed by atoms with Gasteiger partial charge in [-0.25, -0.2) is 0 Å². The third-order valence-electron chi connectivity index (χ3n) is 6.47. The van der Waals surface area contributed by atoms with Gasteiger partial charge in [-0.2, -0.15) is 0 Å². The minimum Gasteiger partial charge on any atom is -0.402 e. The fourth-order valence-electron chi connectivity index (χ4n) is 4.55. The van der Waals surface area contributed by atoms with Crippen molar-refractivity contribution in [3.63, 3.8) is 0 Å². The van der Waals surface area contributed by atoms with Crippen LogP contribution in [0.1, 0.15) is 83.3 Å². The Kier molecular flexibility index (Phi) is 10.9.